The minimum absolute atomic E-state index is 0.0204. The van der Waals surface area contributed by atoms with Crippen LogP contribution in [0, 0.1) is 5.92 Å². The lowest BCUT2D eigenvalue weighted by Crippen LogP contribution is -2.54. The number of hydrogen-bond acceptors (Lipinski definition) is 9. The molecular weight excluding hydrogens is 440 g/mol. The average Bonchev–Trinajstić information content (AvgIpc) is 3.33. The standard InChI is InChI=1S/C20H34N4O7S/c1-6-13(16(25)17-23-15(7-2)31-24-17)21-18(26)14(22-19(27)30-20(3,4)5)11-32(28,29)10-12-8-9-12/h12-14,16,25H,6-11H2,1-5H3,(H,21,26)(H,22,27)/t13-,14?,16+/m1/s1. The summed E-state index contributed by atoms with van der Waals surface area (Å²) >= 11 is 0. The van der Waals surface area contributed by atoms with E-state index >= 15 is 0 Å². The topological polar surface area (TPSA) is 161 Å². The van der Waals surface area contributed by atoms with Gasteiger partial charge in [0.25, 0.3) is 0 Å². The van der Waals surface area contributed by atoms with Crippen LogP contribution in [0.4, 0.5) is 4.79 Å². The number of aliphatic hydroxyl groups excluding tert-OH is 1. The van der Waals surface area contributed by atoms with E-state index in [4.69, 9.17) is 9.26 Å². The molecule has 1 aromatic rings. The predicted molar refractivity (Wildman–Crippen MR) is 115 cm³/mol. The first-order valence-electron chi connectivity index (χ1n) is 10.8. The molecule has 11 nitrogen and oxygen atoms in total. The smallest absolute Gasteiger partial charge is 0.408 e. The fraction of sp³-hybridized carbons (Fsp3) is 0.800. The number of nitrogens with one attached hydrogen (secondary N) is 2. The van der Waals surface area contributed by atoms with Gasteiger partial charge >= 0.3 is 6.09 Å². The highest BCUT2D eigenvalue weighted by Gasteiger charge is 2.35. The van der Waals surface area contributed by atoms with Gasteiger partial charge in [-0.3, -0.25) is 4.79 Å². The summed E-state index contributed by atoms with van der Waals surface area (Å²) in [6.45, 7) is 8.52. The van der Waals surface area contributed by atoms with E-state index in [-0.39, 0.29) is 17.5 Å². The molecule has 1 unspecified atom stereocenters. The van der Waals surface area contributed by atoms with E-state index in [0.29, 0.717) is 18.7 Å². The number of hydrogen-bond donors (Lipinski definition) is 3. The number of nitrogens with zero attached hydrogens (tertiary/aromatic N) is 2. The van der Waals surface area contributed by atoms with Crippen LogP contribution in [0.5, 0.6) is 0 Å². The van der Waals surface area contributed by atoms with E-state index in [9.17, 15) is 23.1 Å². The second kappa shape index (κ2) is 10.6. The summed E-state index contributed by atoms with van der Waals surface area (Å²) in [6, 6.07) is -2.20. The van der Waals surface area contributed by atoms with E-state index in [1.807, 2.05) is 6.92 Å². The molecule has 1 aliphatic rings. The molecule has 0 saturated heterocycles. The van der Waals surface area contributed by atoms with Crippen molar-refractivity contribution in [2.75, 3.05) is 11.5 Å². The van der Waals surface area contributed by atoms with Crippen LogP contribution in [0.1, 0.15) is 71.7 Å². The molecule has 1 aliphatic carbocycles. The Bertz CT molecular complexity index is 890. The van der Waals surface area contributed by atoms with Gasteiger partial charge in [0.2, 0.25) is 17.6 Å². The number of amides is 2. The predicted octanol–water partition coefficient (Wildman–Crippen LogP) is 1.28. The third kappa shape index (κ3) is 8.38. The van der Waals surface area contributed by atoms with Crippen LogP contribution in [0.3, 0.4) is 0 Å². The Hall–Kier alpha value is -2.21. The Labute approximate surface area is 188 Å². The molecule has 2 rings (SSSR count). The van der Waals surface area contributed by atoms with Gasteiger partial charge in [-0.2, -0.15) is 4.98 Å². The van der Waals surface area contributed by atoms with E-state index < -0.39 is 51.4 Å². The molecular formula is C20H34N4O7S. The lowest BCUT2D eigenvalue weighted by Gasteiger charge is -2.26. The molecule has 2 amide bonds. The summed E-state index contributed by atoms with van der Waals surface area (Å²) in [5.41, 5.74) is -0.824. The van der Waals surface area contributed by atoms with Crippen molar-refractivity contribution in [1.29, 1.82) is 0 Å². The van der Waals surface area contributed by atoms with Crippen molar-refractivity contribution in [2.24, 2.45) is 5.92 Å². The number of aryl methyl sites for hydroxylation is 1. The molecule has 1 aromatic heterocycles. The van der Waals surface area contributed by atoms with E-state index in [1.165, 1.54) is 0 Å². The maximum absolute atomic E-state index is 13.0. The summed E-state index contributed by atoms with van der Waals surface area (Å²) in [4.78, 5) is 29.3. The molecule has 0 aliphatic heterocycles. The number of carbonyl (C=O) groups is 2. The number of rotatable bonds is 11. The third-order valence-electron chi connectivity index (χ3n) is 4.81. The van der Waals surface area contributed by atoms with Gasteiger partial charge in [0.15, 0.2) is 9.84 Å². The van der Waals surface area contributed by atoms with Gasteiger partial charge < -0.3 is 25.0 Å². The number of aliphatic hydroxyl groups is 1. The van der Waals surface area contributed by atoms with Crippen LogP contribution in [0.25, 0.3) is 0 Å². The molecule has 0 spiro atoms. The molecule has 3 N–H and O–H groups in total. The number of aromatic nitrogens is 2. The summed E-state index contributed by atoms with van der Waals surface area (Å²) in [5, 5.41) is 19.3. The zero-order valence-electron chi connectivity index (χ0n) is 19.3. The molecule has 1 heterocycles. The van der Waals surface area contributed by atoms with Crippen molar-refractivity contribution in [2.45, 2.75) is 84.1 Å². The first-order valence-corrected chi connectivity index (χ1v) is 12.7. The first-order chi connectivity index (χ1) is 14.8. The van der Waals surface area contributed by atoms with Crippen molar-refractivity contribution in [3.63, 3.8) is 0 Å². The third-order valence-corrected chi connectivity index (χ3v) is 6.63. The Morgan fingerprint density at radius 2 is 1.91 bits per heavy atom. The maximum atomic E-state index is 13.0. The van der Waals surface area contributed by atoms with E-state index in [0.717, 1.165) is 12.8 Å². The number of ether oxygens (including phenoxy) is 1. The fourth-order valence-corrected chi connectivity index (χ4v) is 4.93. The fourth-order valence-electron chi connectivity index (χ4n) is 3.00. The lowest BCUT2D eigenvalue weighted by atomic mass is 10.1. The monoisotopic (exact) mass is 474 g/mol. The van der Waals surface area contributed by atoms with Gasteiger partial charge in [-0.05, 0) is 46.0 Å². The van der Waals surface area contributed by atoms with Gasteiger partial charge in [0.1, 0.15) is 17.7 Å². The van der Waals surface area contributed by atoms with Gasteiger partial charge in [0.05, 0.1) is 17.5 Å². The van der Waals surface area contributed by atoms with Crippen LogP contribution in [0.15, 0.2) is 4.52 Å². The first kappa shape index (κ1) is 26.0. The van der Waals surface area contributed by atoms with Crippen LogP contribution in [-0.2, 0) is 25.8 Å². The van der Waals surface area contributed by atoms with Gasteiger partial charge in [-0.15, -0.1) is 0 Å². The van der Waals surface area contributed by atoms with Crippen molar-refractivity contribution in [1.82, 2.24) is 20.8 Å². The zero-order chi connectivity index (χ0) is 24.1. The van der Waals surface area contributed by atoms with Crippen molar-refractivity contribution in [3.05, 3.63) is 11.7 Å². The van der Waals surface area contributed by atoms with E-state index in [2.05, 4.69) is 20.8 Å². The minimum Gasteiger partial charge on any atom is -0.444 e. The quantitative estimate of drug-likeness (QED) is 0.429. The second-order valence-corrected chi connectivity index (χ2v) is 11.2. The van der Waals surface area contributed by atoms with Crippen LogP contribution >= 0.6 is 0 Å². The Kier molecular flexibility index (Phi) is 8.63. The molecule has 3 atom stereocenters. The molecule has 1 saturated carbocycles. The zero-order valence-corrected chi connectivity index (χ0v) is 20.1. The normalized spacial score (nSPS) is 17.3. The van der Waals surface area contributed by atoms with Crippen LogP contribution in [-0.4, -0.2) is 64.9 Å². The number of sulfone groups is 1. The average molecular weight is 475 g/mol. The summed E-state index contributed by atoms with van der Waals surface area (Å²) in [5.74, 6) is -0.886. The molecule has 32 heavy (non-hydrogen) atoms. The van der Waals surface area contributed by atoms with Crippen LogP contribution < -0.4 is 10.6 Å². The lowest BCUT2D eigenvalue weighted by molar-refractivity contribution is -0.124. The second-order valence-electron chi connectivity index (χ2n) is 9.09. The summed E-state index contributed by atoms with van der Waals surface area (Å²) in [7, 11) is -3.60. The maximum Gasteiger partial charge on any atom is 0.408 e. The molecule has 12 heteroatoms. The minimum atomic E-state index is -3.60. The van der Waals surface area contributed by atoms with Crippen LogP contribution in [0.2, 0.25) is 0 Å². The molecule has 0 bridgehead atoms. The van der Waals surface area contributed by atoms with E-state index in [1.54, 1.807) is 27.7 Å². The Morgan fingerprint density at radius 1 is 1.25 bits per heavy atom. The highest BCUT2D eigenvalue weighted by Crippen LogP contribution is 2.30. The number of carbonyl (C=O) groups excluding carboxylic acids is 2. The largest absolute Gasteiger partial charge is 0.444 e. The highest BCUT2D eigenvalue weighted by molar-refractivity contribution is 7.91. The molecule has 0 aromatic carbocycles. The van der Waals surface area contributed by atoms with Crippen molar-refractivity contribution in [3.8, 4) is 0 Å². The molecule has 0 radical (unpaired) electrons. The summed E-state index contributed by atoms with van der Waals surface area (Å²) < 4.78 is 35.3. The number of alkyl carbamates (subject to hydrolysis) is 1. The summed E-state index contributed by atoms with van der Waals surface area (Å²) in [6.07, 6.45) is 0.297. The Balaban J connectivity index is 2.13. The molecule has 182 valence electrons. The SMILES string of the molecule is CCc1nc([C@@H](O)[C@@H](CC)NC(=O)C(CS(=O)(=O)CC2CC2)NC(=O)OC(C)(C)C)no1. The Morgan fingerprint density at radius 3 is 2.41 bits per heavy atom. The highest BCUT2D eigenvalue weighted by atomic mass is 32.2. The van der Waals surface area contributed by atoms with Gasteiger partial charge in [0, 0.05) is 6.42 Å². The van der Waals surface area contributed by atoms with Crippen molar-refractivity contribution < 1.29 is 32.4 Å². The van der Waals surface area contributed by atoms with Gasteiger partial charge in [-0.1, -0.05) is 19.0 Å². The van der Waals surface area contributed by atoms with Crippen molar-refractivity contribution >= 4 is 21.8 Å². The molecule has 1 fully saturated rings. The van der Waals surface area contributed by atoms with Gasteiger partial charge in [-0.25, -0.2) is 13.2 Å².